The van der Waals surface area contributed by atoms with E-state index in [1.54, 1.807) is 48.5 Å². The van der Waals surface area contributed by atoms with Gasteiger partial charge in [0, 0.05) is 17.2 Å². The molecule has 0 aliphatic heterocycles. The molecule has 0 saturated heterocycles. The molecule has 0 aliphatic carbocycles. The maximum absolute atomic E-state index is 13.4. The van der Waals surface area contributed by atoms with Crippen molar-refractivity contribution < 1.29 is 46.5 Å². The molecule has 1 unspecified atom stereocenters. The SMILES string of the molecule is COc1ccccc1COP(=O)(OCc1ccccc1OC)OP(=O)(O)Oc1cccc(O)c1. The number of phosphoric ester groups is 2. The molecule has 10 nitrogen and oxygen atoms in total. The number of phenols is 1. The number of ether oxygens (including phenoxy) is 2. The monoisotopic (exact) mass is 510 g/mol. The van der Waals surface area contributed by atoms with Gasteiger partial charge in [-0.2, -0.15) is 4.31 Å². The molecule has 12 heteroatoms. The summed E-state index contributed by atoms with van der Waals surface area (Å²) in [6.07, 6.45) is 0. The van der Waals surface area contributed by atoms with Crippen molar-refractivity contribution in [3.63, 3.8) is 0 Å². The molecule has 0 spiro atoms. The van der Waals surface area contributed by atoms with Gasteiger partial charge in [-0.25, -0.2) is 9.13 Å². The van der Waals surface area contributed by atoms with E-state index >= 15 is 0 Å². The van der Waals surface area contributed by atoms with Gasteiger partial charge in [0.05, 0.1) is 27.4 Å². The van der Waals surface area contributed by atoms with Crippen molar-refractivity contribution in [1.82, 2.24) is 0 Å². The normalized spacial score (nSPS) is 13.1. The highest BCUT2D eigenvalue weighted by Crippen LogP contribution is 2.64. The summed E-state index contributed by atoms with van der Waals surface area (Å²) in [5.74, 6) is 0.497. The Labute approximate surface area is 196 Å². The van der Waals surface area contributed by atoms with Crippen LogP contribution in [0, 0.1) is 0 Å². The van der Waals surface area contributed by atoms with E-state index in [2.05, 4.69) is 0 Å². The van der Waals surface area contributed by atoms with E-state index in [1.165, 1.54) is 32.4 Å². The van der Waals surface area contributed by atoms with Crippen molar-refractivity contribution in [2.45, 2.75) is 13.2 Å². The molecule has 34 heavy (non-hydrogen) atoms. The van der Waals surface area contributed by atoms with Gasteiger partial charge < -0.3 is 19.1 Å². The number of hydrogen-bond acceptors (Lipinski definition) is 9. The summed E-state index contributed by atoms with van der Waals surface area (Å²) >= 11 is 0. The molecular weight excluding hydrogens is 486 g/mol. The second-order valence-corrected chi connectivity index (χ2v) is 9.94. The maximum atomic E-state index is 13.4. The highest BCUT2D eigenvalue weighted by molar-refractivity contribution is 7.61. The third-order valence-corrected chi connectivity index (χ3v) is 7.34. The van der Waals surface area contributed by atoms with E-state index in [0.717, 1.165) is 6.07 Å². The van der Waals surface area contributed by atoms with Crippen LogP contribution in [0.2, 0.25) is 0 Å². The molecule has 3 aromatic carbocycles. The Morgan fingerprint density at radius 1 is 0.765 bits per heavy atom. The lowest BCUT2D eigenvalue weighted by Gasteiger charge is -2.21. The highest BCUT2D eigenvalue weighted by Gasteiger charge is 2.40. The predicted octanol–water partition coefficient (Wildman–Crippen LogP) is 5.45. The van der Waals surface area contributed by atoms with Crippen molar-refractivity contribution in [3.8, 4) is 23.0 Å². The molecule has 0 heterocycles. The van der Waals surface area contributed by atoms with Crippen molar-refractivity contribution >= 4 is 15.6 Å². The third kappa shape index (κ3) is 7.33. The lowest BCUT2D eigenvalue weighted by molar-refractivity contribution is 0.129. The molecule has 1 atom stereocenters. The van der Waals surface area contributed by atoms with Crippen LogP contribution in [-0.2, 0) is 35.7 Å². The molecule has 0 amide bonds. The van der Waals surface area contributed by atoms with Crippen LogP contribution in [0.3, 0.4) is 0 Å². The van der Waals surface area contributed by atoms with Crippen LogP contribution < -0.4 is 14.0 Å². The molecule has 0 radical (unpaired) electrons. The van der Waals surface area contributed by atoms with Crippen molar-refractivity contribution in [2.24, 2.45) is 0 Å². The lowest BCUT2D eigenvalue weighted by atomic mass is 10.2. The van der Waals surface area contributed by atoms with Crippen LogP contribution in [0.4, 0.5) is 0 Å². The summed E-state index contributed by atoms with van der Waals surface area (Å²) in [6.45, 7) is -0.640. The molecule has 3 rings (SSSR count). The van der Waals surface area contributed by atoms with E-state index in [9.17, 15) is 19.1 Å². The van der Waals surface area contributed by atoms with Crippen molar-refractivity contribution in [2.75, 3.05) is 14.2 Å². The number of methoxy groups -OCH3 is 2. The molecule has 0 aromatic heterocycles. The molecule has 0 bridgehead atoms. The van der Waals surface area contributed by atoms with E-state index in [4.69, 9.17) is 27.4 Å². The van der Waals surface area contributed by atoms with Gasteiger partial charge in [-0.3, -0.25) is 13.9 Å². The molecule has 0 fully saturated rings. The Kier molecular flexibility index (Phi) is 8.74. The van der Waals surface area contributed by atoms with E-state index in [1.807, 2.05) is 0 Å². The summed E-state index contributed by atoms with van der Waals surface area (Å²) in [5, 5.41) is 9.54. The largest absolute Gasteiger partial charge is 0.536 e. The molecule has 2 N–H and O–H groups in total. The van der Waals surface area contributed by atoms with Crippen molar-refractivity contribution in [3.05, 3.63) is 83.9 Å². The van der Waals surface area contributed by atoms with Crippen LogP contribution >= 0.6 is 15.6 Å². The number of benzene rings is 3. The smallest absolute Gasteiger partial charge is 0.508 e. The summed E-state index contributed by atoms with van der Waals surface area (Å²) in [4.78, 5) is 10.2. The zero-order valence-corrected chi connectivity index (χ0v) is 20.2. The molecular formula is C22H24O10P2. The van der Waals surface area contributed by atoms with Gasteiger partial charge in [0.1, 0.15) is 23.0 Å². The Morgan fingerprint density at radius 2 is 1.29 bits per heavy atom. The standard InChI is InChI=1S/C22H24O10P2/c1-27-21-12-5-3-8-17(21)15-29-34(26,30-16-18-9-4-6-13-22(18)28-2)32-33(24,25)31-20-11-7-10-19(23)14-20/h3-14,23H,15-16H2,1-2H3,(H,24,25). The van der Waals surface area contributed by atoms with Crippen LogP contribution in [-0.4, -0.2) is 24.2 Å². The second kappa shape index (κ2) is 11.5. The molecule has 0 aliphatic rings. The lowest BCUT2D eigenvalue weighted by Crippen LogP contribution is -2.04. The fraction of sp³-hybridized carbons (Fsp3) is 0.182. The highest BCUT2D eigenvalue weighted by atomic mass is 31.3. The first-order valence-electron chi connectivity index (χ1n) is 9.89. The Hall–Kier alpha value is -2.84. The molecule has 3 aromatic rings. The average Bonchev–Trinajstić information content (AvgIpc) is 2.81. The van der Waals surface area contributed by atoms with E-state index in [0.29, 0.717) is 22.6 Å². The summed E-state index contributed by atoms with van der Waals surface area (Å²) < 4.78 is 57.1. The predicted molar refractivity (Wildman–Crippen MR) is 123 cm³/mol. The van der Waals surface area contributed by atoms with Gasteiger partial charge in [0.2, 0.25) is 0 Å². The number of phosphoric acid groups is 2. The van der Waals surface area contributed by atoms with Crippen LogP contribution in [0.5, 0.6) is 23.0 Å². The first kappa shape index (κ1) is 25.8. The fourth-order valence-electron chi connectivity index (χ4n) is 2.84. The minimum Gasteiger partial charge on any atom is -0.508 e. The summed E-state index contributed by atoms with van der Waals surface area (Å²) in [5.41, 5.74) is 0.993. The van der Waals surface area contributed by atoms with E-state index < -0.39 is 15.6 Å². The zero-order valence-electron chi connectivity index (χ0n) is 18.4. The van der Waals surface area contributed by atoms with E-state index in [-0.39, 0.29) is 24.7 Å². The van der Waals surface area contributed by atoms with Gasteiger partial charge in [-0.1, -0.05) is 42.5 Å². The van der Waals surface area contributed by atoms with Gasteiger partial charge in [-0.15, -0.1) is 0 Å². The minimum atomic E-state index is -5.02. The first-order chi connectivity index (χ1) is 16.2. The topological polar surface area (TPSA) is 130 Å². The van der Waals surface area contributed by atoms with Gasteiger partial charge in [-0.05, 0) is 24.3 Å². The number of aromatic hydroxyl groups is 1. The van der Waals surface area contributed by atoms with Crippen LogP contribution in [0.25, 0.3) is 0 Å². The van der Waals surface area contributed by atoms with Gasteiger partial charge in [0.15, 0.2) is 0 Å². The number of hydrogen-bond donors (Lipinski definition) is 2. The van der Waals surface area contributed by atoms with Gasteiger partial charge in [0.25, 0.3) is 0 Å². The fourth-order valence-corrected chi connectivity index (χ4v) is 5.41. The number of phenolic OH excluding ortho intramolecular Hbond substituents is 1. The Bertz CT molecular complexity index is 1140. The molecule has 182 valence electrons. The van der Waals surface area contributed by atoms with Crippen LogP contribution in [0.1, 0.15) is 11.1 Å². The Morgan fingerprint density at radius 3 is 1.79 bits per heavy atom. The zero-order chi connectivity index (χ0) is 24.6. The number of para-hydroxylation sites is 2. The van der Waals surface area contributed by atoms with Crippen molar-refractivity contribution in [1.29, 1.82) is 0 Å². The minimum absolute atomic E-state index is 0.188. The molecule has 0 saturated carbocycles. The quantitative estimate of drug-likeness (QED) is 0.304. The van der Waals surface area contributed by atoms with Crippen LogP contribution in [0.15, 0.2) is 72.8 Å². The maximum Gasteiger partial charge on any atom is 0.536 e. The summed E-state index contributed by atoms with van der Waals surface area (Å²) in [7, 11) is -6.80. The second-order valence-electron chi connectivity index (χ2n) is 6.76. The Balaban J connectivity index is 1.82. The first-order valence-corrected chi connectivity index (χ1v) is 12.8. The summed E-state index contributed by atoms with van der Waals surface area (Å²) in [6, 6.07) is 18.7. The average molecular weight is 510 g/mol. The van der Waals surface area contributed by atoms with Gasteiger partial charge >= 0.3 is 15.6 Å². The number of rotatable bonds is 12. The third-order valence-electron chi connectivity index (χ3n) is 4.38.